The van der Waals surface area contributed by atoms with Crippen molar-refractivity contribution in [3.05, 3.63) is 59.7 Å². The zero-order chi connectivity index (χ0) is 27.7. The Morgan fingerprint density at radius 1 is 1.08 bits per heavy atom. The highest BCUT2D eigenvalue weighted by Crippen LogP contribution is 2.30. The number of hydrogen-bond acceptors (Lipinski definition) is 5. The van der Waals surface area contributed by atoms with Gasteiger partial charge >= 0.3 is 0 Å². The Labute approximate surface area is 227 Å². The van der Waals surface area contributed by atoms with E-state index < -0.39 is 16.1 Å². The van der Waals surface area contributed by atoms with Crippen molar-refractivity contribution in [2.24, 2.45) is 0 Å². The van der Waals surface area contributed by atoms with Crippen LogP contribution in [0.4, 0.5) is 5.69 Å². The molecule has 0 spiro atoms. The van der Waals surface area contributed by atoms with Crippen molar-refractivity contribution in [1.82, 2.24) is 10.2 Å². The second-order valence-electron chi connectivity index (χ2n) is 10.0. The molecular formula is C29H41N3O5S. The molecule has 2 aromatic carbocycles. The first-order chi connectivity index (χ1) is 18.1. The zero-order valence-corrected chi connectivity index (χ0v) is 23.8. The highest BCUT2D eigenvalue weighted by molar-refractivity contribution is 7.92. The maximum Gasteiger partial charge on any atom is 0.242 e. The van der Waals surface area contributed by atoms with Gasteiger partial charge in [0.05, 0.1) is 18.6 Å². The number of sulfonamides is 1. The molecule has 1 aliphatic rings. The van der Waals surface area contributed by atoms with Crippen LogP contribution in [0.3, 0.4) is 0 Å². The van der Waals surface area contributed by atoms with Gasteiger partial charge in [0.15, 0.2) is 0 Å². The van der Waals surface area contributed by atoms with Gasteiger partial charge in [-0.15, -0.1) is 0 Å². The maximum atomic E-state index is 13.5. The summed E-state index contributed by atoms with van der Waals surface area (Å²) in [5, 5.41) is 3.11. The average Bonchev–Trinajstić information content (AvgIpc) is 3.39. The Morgan fingerprint density at radius 3 is 2.37 bits per heavy atom. The van der Waals surface area contributed by atoms with E-state index in [0.717, 1.165) is 43.1 Å². The Morgan fingerprint density at radius 2 is 1.74 bits per heavy atom. The van der Waals surface area contributed by atoms with Gasteiger partial charge in [0.25, 0.3) is 0 Å². The van der Waals surface area contributed by atoms with Crippen molar-refractivity contribution < 1.29 is 22.7 Å². The topological polar surface area (TPSA) is 96.0 Å². The number of amides is 2. The van der Waals surface area contributed by atoms with Crippen molar-refractivity contribution in [2.75, 3.05) is 23.7 Å². The fourth-order valence-corrected chi connectivity index (χ4v) is 5.76. The van der Waals surface area contributed by atoms with Crippen LogP contribution in [0.25, 0.3) is 0 Å². The second kappa shape index (κ2) is 13.6. The molecule has 0 aliphatic heterocycles. The van der Waals surface area contributed by atoms with Crippen molar-refractivity contribution in [3.8, 4) is 5.75 Å². The average molecular weight is 544 g/mol. The third-order valence-electron chi connectivity index (χ3n) is 6.93. The monoisotopic (exact) mass is 543 g/mol. The number of aryl methyl sites for hydroxylation is 1. The smallest absolute Gasteiger partial charge is 0.242 e. The lowest BCUT2D eigenvalue weighted by Gasteiger charge is -2.30. The van der Waals surface area contributed by atoms with E-state index in [-0.39, 0.29) is 30.8 Å². The summed E-state index contributed by atoms with van der Waals surface area (Å²) < 4.78 is 32.2. The van der Waals surface area contributed by atoms with E-state index in [1.165, 1.54) is 4.31 Å². The minimum absolute atomic E-state index is 0.107. The van der Waals surface area contributed by atoms with Crippen molar-refractivity contribution in [3.63, 3.8) is 0 Å². The second-order valence-corrected chi connectivity index (χ2v) is 11.9. The molecule has 8 nitrogen and oxygen atoms in total. The number of ether oxygens (including phenoxy) is 1. The Balaban J connectivity index is 1.73. The predicted molar refractivity (Wildman–Crippen MR) is 151 cm³/mol. The van der Waals surface area contributed by atoms with Crippen LogP contribution >= 0.6 is 0 Å². The molecule has 1 aliphatic carbocycles. The Hall–Kier alpha value is -3.07. The third-order valence-corrected chi connectivity index (χ3v) is 8.11. The molecule has 3 rings (SSSR count). The van der Waals surface area contributed by atoms with Gasteiger partial charge in [-0.25, -0.2) is 8.42 Å². The first-order valence-electron chi connectivity index (χ1n) is 13.4. The molecule has 0 heterocycles. The molecule has 0 unspecified atom stereocenters. The molecule has 0 saturated heterocycles. The van der Waals surface area contributed by atoms with E-state index in [9.17, 15) is 18.0 Å². The molecule has 1 saturated carbocycles. The number of nitrogens with zero attached hydrogens (tertiary/aromatic N) is 2. The van der Waals surface area contributed by atoms with Crippen LogP contribution in [0, 0.1) is 6.92 Å². The van der Waals surface area contributed by atoms with Crippen LogP contribution < -0.4 is 14.4 Å². The van der Waals surface area contributed by atoms with E-state index in [1.54, 1.807) is 36.1 Å². The van der Waals surface area contributed by atoms with E-state index in [4.69, 9.17) is 4.74 Å². The zero-order valence-electron chi connectivity index (χ0n) is 23.0. The lowest BCUT2D eigenvalue weighted by atomic mass is 10.1. The largest absolute Gasteiger partial charge is 0.492 e. The molecule has 1 fully saturated rings. The molecule has 0 radical (unpaired) electrons. The molecule has 0 bridgehead atoms. The summed E-state index contributed by atoms with van der Waals surface area (Å²) in [6.45, 7) is 6.44. The summed E-state index contributed by atoms with van der Waals surface area (Å²) >= 11 is 0. The van der Waals surface area contributed by atoms with E-state index >= 15 is 0 Å². The summed E-state index contributed by atoms with van der Waals surface area (Å²) in [5.74, 6) is 0.136. The third kappa shape index (κ3) is 8.21. The summed E-state index contributed by atoms with van der Waals surface area (Å²) in [7, 11) is -3.61. The molecule has 2 aromatic rings. The first kappa shape index (κ1) is 29.5. The number of carbonyl (C=O) groups excluding carboxylic acids is 2. The molecule has 9 heteroatoms. The molecule has 1 atom stereocenters. The van der Waals surface area contributed by atoms with Crippen LogP contribution in [-0.2, 0) is 26.2 Å². The molecule has 208 valence electrons. The Kier molecular flexibility index (Phi) is 10.6. The standard InChI is InChI=1S/C29H41N3O5S/c1-5-37-27-14-9-8-13-26(27)32(38(4,35)36)20-10-15-28(33)31(21-24-18-16-22(2)17-19-24)23(3)29(34)30-25-11-6-7-12-25/h8-9,13-14,16-19,23,25H,5-7,10-12,15,20-21H2,1-4H3,(H,30,34)/t23-/m0/s1. The molecule has 0 aromatic heterocycles. The first-order valence-corrected chi connectivity index (χ1v) is 15.3. The van der Waals surface area contributed by atoms with Crippen molar-refractivity contribution in [1.29, 1.82) is 0 Å². The minimum atomic E-state index is -3.61. The SMILES string of the molecule is CCOc1ccccc1N(CCCC(=O)N(Cc1ccc(C)cc1)[C@@H](C)C(=O)NC1CCCC1)S(C)(=O)=O. The highest BCUT2D eigenvalue weighted by atomic mass is 32.2. The lowest BCUT2D eigenvalue weighted by Crippen LogP contribution is -2.49. The molecule has 1 N–H and O–H groups in total. The fourth-order valence-electron chi connectivity index (χ4n) is 4.79. The van der Waals surface area contributed by atoms with Gasteiger partial charge in [0.1, 0.15) is 11.8 Å². The van der Waals surface area contributed by atoms with Crippen LogP contribution in [0.2, 0.25) is 0 Å². The van der Waals surface area contributed by atoms with Gasteiger partial charge in [-0.2, -0.15) is 0 Å². The lowest BCUT2D eigenvalue weighted by molar-refractivity contribution is -0.141. The van der Waals surface area contributed by atoms with Crippen molar-refractivity contribution in [2.45, 2.75) is 77.9 Å². The fraction of sp³-hybridized carbons (Fsp3) is 0.517. The van der Waals surface area contributed by atoms with Crippen LogP contribution in [0.5, 0.6) is 5.75 Å². The minimum Gasteiger partial charge on any atom is -0.492 e. The quantitative estimate of drug-likeness (QED) is 0.404. The number of nitrogens with one attached hydrogen (secondary N) is 1. The maximum absolute atomic E-state index is 13.5. The Bertz CT molecular complexity index is 1180. The number of para-hydroxylation sites is 2. The molecule has 2 amide bonds. The van der Waals surface area contributed by atoms with Gasteiger partial charge in [-0.05, 0) is 57.7 Å². The number of rotatable bonds is 13. The van der Waals surface area contributed by atoms with E-state index in [2.05, 4.69) is 5.32 Å². The summed E-state index contributed by atoms with van der Waals surface area (Å²) in [6, 6.07) is 14.4. The molecule has 38 heavy (non-hydrogen) atoms. The van der Waals surface area contributed by atoms with Gasteiger partial charge in [-0.1, -0.05) is 54.8 Å². The highest BCUT2D eigenvalue weighted by Gasteiger charge is 2.29. The molecular weight excluding hydrogens is 502 g/mol. The van der Waals surface area contributed by atoms with Gasteiger partial charge < -0.3 is 15.0 Å². The number of hydrogen-bond donors (Lipinski definition) is 1. The summed E-state index contributed by atoms with van der Waals surface area (Å²) in [4.78, 5) is 28.2. The van der Waals surface area contributed by atoms with Gasteiger partial charge in [0.2, 0.25) is 21.8 Å². The van der Waals surface area contributed by atoms with E-state index in [0.29, 0.717) is 31.0 Å². The number of benzene rings is 2. The van der Waals surface area contributed by atoms with Crippen LogP contribution in [0.15, 0.2) is 48.5 Å². The van der Waals surface area contributed by atoms with Gasteiger partial charge in [-0.3, -0.25) is 13.9 Å². The predicted octanol–water partition coefficient (Wildman–Crippen LogP) is 4.42. The van der Waals surface area contributed by atoms with E-state index in [1.807, 2.05) is 38.1 Å². The normalized spacial score (nSPS) is 14.6. The number of anilines is 1. The number of carbonyl (C=O) groups is 2. The van der Waals surface area contributed by atoms with Crippen LogP contribution in [0.1, 0.15) is 63.5 Å². The van der Waals surface area contributed by atoms with Crippen molar-refractivity contribution >= 4 is 27.5 Å². The van der Waals surface area contributed by atoms with Gasteiger partial charge in [0, 0.05) is 25.6 Å². The summed E-state index contributed by atoms with van der Waals surface area (Å²) in [5.41, 5.74) is 2.50. The summed E-state index contributed by atoms with van der Waals surface area (Å²) in [6.07, 6.45) is 5.70. The van der Waals surface area contributed by atoms with Crippen LogP contribution in [-0.4, -0.2) is 56.6 Å².